The van der Waals surface area contributed by atoms with Gasteiger partial charge in [-0.2, -0.15) is 0 Å². The zero-order chi connectivity index (χ0) is 21.8. The lowest BCUT2D eigenvalue weighted by atomic mass is 9.99. The summed E-state index contributed by atoms with van der Waals surface area (Å²) < 4.78 is 0. The van der Waals surface area contributed by atoms with E-state index in [0.29, 0.717) is 29.9 Å². The van der Waals surface area contributed by atoms with Gasteiger partial charge in [0.2, 0.25) is 5.91 Å². The molecule has 0 saturated carbocycles. The van der Waals surface area contributed by atoms with Crippen molar-refractivity contribution in [3.8, 4) is 0 Å². The summed E-state index contributed by atoms with van der Waals surface area (Å²) in [6, 6.07) is 22.6. The van der Waals surface area contributed by atoms with Gasteiger partial charge >= 0.3 is 0 Å². The number of nitrogens with zero attached hydrogens (tertiary/aromatic N) is 3. The van der Waals surface area contributed by atoms with Crippen LogP contribution in [0.25, 0.3) is 0 Å². The van der Waals surface area contributed by atoms with Crippen LogP contribution in [0.5, 0.6) is 0 Å². The molecule has 0 unspecified atom stereocenters. The molecule has 0 aromatic heterocycles. The second-order valence-electron chi connectivity index (χ2n) is 8.42. The first kappa shape index (κ1) is 18.8. The first-order valence-electron chi connectivity index (χ1n) is 10.8. The maximum Gasteiger partial charge on any atom is 0.260 e. The minimum Gasteiger partial charge on any atom is -0.336 e. The van der Waals surface area contributed by atoms with Gasteiger partial charge in [0.05, 0.1) is 11.3 Å². The average Bonchev–Trinajstić information content (AvgIpc) is 3.14. The van der Waals surface area contributed by atoms with E-state index in [2.05, 4.69) is 6.07 Å². The molecule has 0 saturated heterocycles. The molecule has 6 heteroatoms. The number of hydrogen-bond acceptors (Lipinski definition) is 3. The van der Waals surface area contributed by atoms with Crippen LogP contribution in [-0.4, -0.2) is 40.6 Å². The van der Waals surface area contributed by atoms with Gasteiger partial charge in [-0.1, -0.05) is 54.6 Å². The third-order valence-corrected chi connectivity index (χ3v) is 6.67. The van der Waals surface area contributed by atoms with E-state index in [1.54, 1.807) is 34.1 Å². The highest BCUT2D eigenvalue weighted by atomic mass is 16.2. The van der Waals surface area contributed by atoms with Crippen LogP contribution < -0.4 is 4.90 Å². The molecular weight excluding hydrogens is 402 g/mol. The molecule has 3 heterocycles. The summed E-state index contributed by atoms with van der Waals surface area (Å²) in [7, 11) is 0. The number of fused-ring (bicyclic) bond motifs is 6. The lowest BCUT2D eigenvalue weighted by molar-refractivity contribution is -0.133. The summed E-state index contributed by atoms with van der Waals surface area (Å²) in [5.74, 6) is -0.476. The number of amides is 3. The Kier molecular flexibility index (Phi) is 4.15. The fraction of sp³-hybridized carbons (Fsp3) is 0.192. The number of benzene rings is 3. The Morgan fingerprint density at radius 3 is 2.34 bits per heavy atom. The Labute approximate surface area is 185 Å². The first-order chi connectivity index (χ1) is 15.6. The summed E-state index contributed by atoms with van der Waals surface area (Å²) >= 11 is 0. The number of carbonyl (C=O) groups is 3. The van der Waals surface area contributed by atoms with Crippen molar-refractivity contribution in [1.29, 1.82) is 0 Å². The van der Waals surface area contributed by atoms with E-state index in [1.807, 2.05) is 47.4 Å². The lowest BCUT2D eigenvalue weighted by Gasteiger charge is -2.41. The predicted molar refractivity (Wildman–Crippen MR) is 119 cm³/mol. The van der Waals surface area contributed by atoms with E-state index in [1.165, 1.54) is 5.56 Å². The van der Waals surface area contributed by atoms with Crippen LogP contribution in [0.2, 0.25) is 0 Å². The quantitative estimate of drug-likeness (QED) is 0.635. The Bertz CT molecular complexity index is 1280. The first-order valence-corrected chi connectivity index (χ1v) is 10.8. The number of anilines is 1. The molecule has 0 bridgehead atoms. The average molecular weight is 423 g/mol. The summed E-state index contributed by atoms with van der Waals surface area (Å²) in [5, 5.41) is 0. The van der Waals surface area contributed by atoms with E-state index in [4.69, 9.17) is 0 Å². The van der Waals surface area contributed by atoms with Crippen molar-refractivity contribution >= 4 is 23.4 Å². The lowest BCUT2D eigenvalue weighted by Crippen LogP contribution is -2.52. The van der Waals surface area contributed by atoms with Gasteiger partial charge in [-0.3, -0.25) is 19.3 Å². The van der Waals surface area contributed by atoms with E-state index < -0.39 is 6.17 Å². The van der Waals surface area contributed by atoms with E-state index in [-0.39, 0.29) is 24.3 Å². The molecule has 0 N–H and O–H groups in total. The zero-order valence-corrected chi connectivity index (χ0v) is 17.4. The largest absolute Gasteiger partial charge is 0.336 e. The van der Waals surface area contributed by atoms with Gasteiger partial charge in [0, 0.05) is 24.2 Å². The molecule has 0 aliphatic carbocycles. The molecule has 3 aromatic carbocycles. The maximum atomic E-state index is 13.5. The Balaban J connectivity index is 1.36. The van der Waals surface area contributed by atoms with Crippen molar-refractivity contribution in [3.63, 3.8) is 0 Å². The van der Waals surface area contributed by atoms with Gasteiger partial charge in [-0.05, 0) is 35.7 Å². The van der Waals surface area contributed by atoms with Crippen LogP contribution in [0.4, 0.5) is 5.69 Å². The molecule has 3 amide bonds. The maximum absolute atomic E-state index is 13.5. The minimum atomic E-state index is -0.609. The van der Waals surface area contributed by atoms with Crippen LogP contribution in [-0.2, 0) is 17.8 Å². The molecule has 3 aliphatic rings. The van der Waals surface area contributed by atoms with Crippen LogP contribution in [0.3, 0.4) is 0 Å². The van der Waals surface area contributed by atoms with Gasteiger partial charge in [-0.25, -0.2) is 0 Å². The van der Waals surface area contributed by atoms with Gasteiger partial charge in [0.1, 0.15) is 12.7 Å². The predicted octanol–water partition coefficient (Wildman–Crippen LogP) is 3.39. The highest BCUT2D eigenvalue weighted by Crippen LogP contribution is 2.45. The summed E-state index contributed by atoms with van der Waals surface area (Å²) in [4.78, 5) is 45.1. The summed E-state index contributed by atoms with van der Waals surface area (Å²) in [6.45, 7) is 1.09. The fourth-order valence-electron chi connectivity index (χ4n) is 5.09. The molecule has 0 fully saturated rings. The van der Waals surface area contributed by atoms with E-state index in [0.717, 1.165) is 17.5 Å². The van der Waals surface area contributed by atoms with Gasteiger partial charge in [0.25, 0.3) is 11.8 Å². The third kappa shape index (κ3) is 2.69. The normalized spacial score (nSPS) is 18.8. The topological polar surface area (TPSA) is 60.9 Å². The molecule has 6 nitrogen and oxygen atoms in total. The van der Waals surface area contributed by atoms with Crippen LogP contribution >= 0.6 is 0 Å². The fourth-order valence-corrected chi connectivity index (χ4v) is 5.09. The van der Waals surface area contributed by atoms with Gasteiger partial charge in [-0.15, -0.1) is 0 Å². The van der Waals surface area contributed by atoms with Crippen molar-refractivity contribution in [2.24, 2.45) is 0 Å². The van der Waals surface area contributed by atoms with Gasteiger partial charge < -0.3 is 9.80 Å². The molecule has 0 radical (unpaired) electrons. The second kappa shape index (κ2) is 7.05. The summed E-state index contributed by atoms with van der Waals surface area (Å²) in [6.07, 6.45) is 0.192. The van der Waals surface area contributed by atoms with Crippen molar-refractivity contribution in [2.45, 2.75) is 19.1 Å². The Hall–Kier alpha value is -3.93. The summed E-state index contributed by atoms with van der Waals surface area (Å²) in [5.41, 5.74) is 4.79. The smallest absolute Gasteiger partial charge is 0.260 e. The second-order valence-corrected chi connectivity index (χ2v) is 8.42. The number of rotatable bonds is 2. The molecule has 32 heavy (non-hydrogen) atoms. The molecule has 0 spiro atoms. The number of carbonyl (C=O) groups excluding carboxylic acids is 3. The molecular formula is C26H21N3O3. The number of hydrogen-bond donors (Lipinski definition) is 0. The molecule has 1 atom stereocenters. The van der Waals surface area contributed by atoms with Crippen molar-refractivity contribution in [1.82, 2.24) is 9.80 Å². The Morgan fingerprint density at radius 1 is 0.812 bits per heavy atom. The van der Waals surface area contributed by atoms with Gasteiger partial charge in [0.15, 0.2) is 0 Å². The molecule has 158 valence electrons. The highest BCUT2D eigenvalue weighted by Gasteiger charge is 2.48. The van der Waals surface area contributed by atoms with Crippen LogP contribution in [0, 0.1) is 0 Å². The van der Waals surface area contributed by atoms with E-state index >= 15 is 0 Å². The zero-order valence-electron chi connectivity index (χ0n) is 17.4. The van der Waals surface area contributed by atoms with Crippen molar-refractivity contribution in [3.05, 3.63) is 101 Å². The Morgan fingerprint density at radius 2 is 1.50 bits per heavy atom. The molecule has 3 aromatic rings. The third-order valence-electron chi connectivity index (χ3n) is 6.67. The van der Waals surface area contributed by atoms with Crippen molar-refractivity contribution < 1.29 is 14.4 Å². The van der Waals surface area contributed by atoms with E-state index in [9.17, 15) is 14.4 Å². The highest BCUT2D eigenvalue weighted by molar-refractivity contribution is 6.17. The number of para-hydroxylation sites is 1. The monoisotopic (exact) mass is 423 g/mol. The molecule has 3 aliphatic heterocycles. The van der Waals surface area contributed by atoms with Crippen molar-refractivity contribution in [2.75, 3.05) is 18.0 Å². The minimum absolute atomic E-state index is 0.0713. The standard InChI is InChI=1S/C26H21N3O3/c30-23(27-14-13-17-7-1-2-8-18(17)15-27)16-28-24-19-9-3-4-10-20(19)26(32)29(24)22-12-6-5-11-21(22)25(28)31/h1-12,24H,13-16H2/t24-/m1/s1. The SMILES string of the molecule is O=C(CN1C(=O)c2ccccc2N2C(=O)c3ccccc3[C@H]12)N1CCc2ccccc2C1. The molecule has 6 rings (SSSR count). The van der Waals surface area contributed by atoms with Crippen LogP contribution in [0.15, 0.2) is 72.8 Å². The van der Waals surface area contributed by atoms with Crippen LogP contribution in [0.1, 0.15) is 43.6 Å².